The molecule has 10 heteroatoms. The van der Waals surface area contributed by atoms with Crippen LogP contribution in [-0.4, -0.2) is 46.3 Å². The second kappa shape index (κ2) is 9.79. The lowest BCUT2D eigenvalue weighted by Crippen LogP contribution is -2.50. The molecule has 1 aromatic heterocycles. The third-order valence-electron chi connectivity index (χ3n) is 5.16. The Kier molecular flexibility index (Phi) is 7.13. The molecule has 3 amide bonds. The molecule has 1 fully saturated rings. The molecule has 3 rings (SSSR count). The highest BCUT2D eigenvalue weighted by Crippen LogP contribution is 2.21. The van der Waals surface area contributed by atoms with Gasteiger partial charge in [0, 0.05) is 12.5 Å². The van der Waals surface area contributed by atoms with Crippen LogP contribution < -0.4 is 16.0 Å². The number of benzene rings is 1. The maximum absolute atomic E-state index is 12.9. The summed E-state index contributed by atoms with van der Waals surface area (Å²) in [7, 11) is 0. The van der Waals surface area contributed by atoms with E-state index in [0.717, 1.165) is 0 Å². The zero-order valence-corrected chi connectivity index (χ0v) is 18.1. The highest BCUT2D eigenvalue weighted by atomic mass is 35.5. The van der Waals surface area contributed by atoms with Gasteiger partial charge in [-0.15, -0.1) is 0 Å². The summed E-state index contributed by atoms with van der Waals surface area (Å²) in [6.45, 7) is 4.43. The molecule has 0 bridgehead atoms. The molecule has 0 radical (unpaired) electrons. The van der Waals surface area contributed by atoms with Crippen LogP contribution in [0.4, 0.5) is 0 Å². The van der Waals surface area contributed by atoms with Crippen molar-refractivity contribution in [2.24, 2.45) is 11.8 Å². The predicted octanol–water partition coefficient (Wildman–Crippen LogP) is 1.90. The van der Waals surface area contributed by atoms with Crippen molar-refractivity contribution >= 4 is 40.4 Å². The molecule has 1 aromatic carbocycles. The number of halogens is 1. The van der Waals surface area contributed by atoms with Crippen LogP contribution in [0.15, 0.2) is 18.2 Å². The van der Waals surface area contributed by atoms with Gasteiger partial charge in [0.25, 0.3) is 5.91 Å². The first kappa shape index (κ1) is 22.6. The van der Waals surface area contributed by atoms with E-state index in [1.807, 2.05) is 19.9 Å². The molecular weight excluding hydrogens is 420 g/mol. The van der Waals surface area contributed by atoms with Gasteiger partial charge in [-0.1, -0.05) is 31.5 Å². The number of para-hydroxylation sites is 1. The fraction of sp³-hybridized carbons (Fsp3) is 0.476. The number of carbonyl (C=O) groups is 3. The fourth-order valence-corrected chi connectivity index (χ4v) is 3.82. The number of hydrogen-bond acceptors (Lipinski definition) is 5. The summed E-state index contributed by atoms with van der Waals surface area (Å²) in [5, 5.41) is 17.9. The monoisotopic (exact) mass is 444 g/mol. The number of hydrogen-bond donors (Lipinski definition) is 4. The molecule has 1 aliphatic heterocycles. The van der Waals surface area contributed by atoms with Gasteiger partial charge in [-0.25, -0.2) is 4.98 Å². The average molecular weight is 445 g/mol. The number of carbonyl (C=O) groups excluding carboxylic acids is 3. The Bertz CT molecular complexity index is 1030. The lowest BCUT2D eigenvalue weighted by molar-refractivity contribution is -0.125. The zero-order valence-electron chi connectivity index (χ0n) is 17.4. The second-order valence-electron chi connectivity index (χ2n) is 8.08. The Morgan fingerprint density at radius 1 is 1.35 bits per heavy atom. The molecular formula is C21H25ClN6O3. The lowest BCUT2D eigenvalue weighted by atomic mass is 9.98. The number of aromatic amines is 1. The standard InChI is InChI=1S/C21H25ClN6O3/c1-11(2)8-16(20(30)25-13(10-23)9-12-6-7-24-19(12)29)27-21(31)18-26-15-5-3-4-14(22)17(15)28-18/h3-5,11-13,16H,6-9H2,1-2H3,(H,24,29)(H,25,30)(H,26,28)(H,27,31)/t12-,13?,16?/m0/s1. The second-order valence-corrected chi connectivity index (χ2v) is 8.49. The topological polar surface area (TPSA) is 140 Å². The molecule has 1 aliphatic rings. The van der Waals surface area contributed by atoms with E-state index in [9.17, 15) is 19.6 Å². The van der Waals surface area contributed by atoms with E-state index in [1.54, 1.807) is 18.2 Å². The van der Waals surface area contributed by atoms with E-state index in [1.165, 1.54) is 0 Å². The Hall–Kier alpha value is -3.12. The number of nitrogens with one attached hydrogen (secondary N) is 4. The van der Waals surface area contributed by atoms with Crippen molar-refractivity contribution in [1.82, 2.24) is 25.9 Å². The number of rotatable bonds is 8. The van der Waals surface area contributed by atoms with E-state index in [-0.39, 0.29) is 30.0 Å². The lowest BCUT2D eigenvalue weighted by Gasteiger charge is -2.22. The van der Waals surface area contributed by atoms with E-state index in [4.69, 9.17) is 11.6 Å². The molecule has 31 heavy (non-hydrogen) atoms. The summed E-state index contributed by atoms with van der Waals surface area (Å²) in [4.78, 5) is 44.5. The highest BCUT2D eigenvalue weighted by molar-refractivity contribution is 6.35. The van der Waals surface area contributed by atoms with Gasteiger partial charge in [0.2, 0.25) is 11.8 Å². The zero-order chi connectivity index (χ0) is 22.5. The van der Waals surface area contributed by atoms with Gasteiger partial charge < -0.3 is 20.9 Å². The summed E-state index contributed by atoms with van der Waals surface area (Å²) in [6, 6.07) is 5.53. The first-order valence-electron chi connectivity index (χ1n) is 10.2. The van der Waals surface area contributed by atoms with Crippen molar-refractivity contribution < 1.29 is 14.4 Å². The van der Waals surface area contributed by atoms with Crippen molar-refractivity contribution in [3.63, 3.8) is 0 Å². The number of aromatic nitrogens is 2. The summed E-state index contributed by atoms with van der Waals surface area (Å²) < 4.78 is 0. The SMILES string of the molecule is CC(C)CC(NC(=O)c1nc2c(Cl)cccc2[nH]1)C(=O)NC(C#N)C[C@@H]1CCNC1=O. The van der Waals surface area contributed by atoms with Gasteiger partial charge >= 0.3 is 0 Å². The third-order valence-corrected chi connectivity index (χ3v) is 5.47. The molecule has 1 saturated heterocycles. The number of fused-ring (bicyclic) bond motifs is 1. The van der Waals surface area contributed by atoms with Gasteiger partial charge in [0.1, 0.15) is 17.6 Å². The molecule has 0 spiro atoms. The Labute approximate surface area is 184 Å². The number of nitrogens with zero attached hydrogens (tertiary/aromatic N) is 2. The van der Waals surface area contributed by atoms with Crippen molar-refractivity contribution in [3.8, 4) is 6.07 Å². The first-order chi connectivity index (χ1) is 14.8. The molecule has 2 unspecified atom stereocenters. The molecule has 0 aliphatic carbocycles. The van der Waals surface area contributed by atoms with Gasteiger partial charge in [-0.05, 0) is 37.3 Å². The van der Waals surface area contributed by atoms with Gasteiger partial charge in [0.05, 0.1) is 16.6 Å². The summed E-state index contributed by atoms with van der Waals surface area (Å²) in [5.74, 6) is -1.27. The number of H-pyrrole nitrogens is 1. The van der Waals surface area contributed by atoms with Crippen LogP contribution in [0.5, 0.6) is 0 Å². The van der Waals surface area contributed by atoms with Gasteiger partial charge in [-0.3, -0.25) is 14.4 Å². The maximum atomic E-state index is 12.9. The van der Waals surface area contributed by atoms with Gasteiger partial charge in [0.15, 0.2) is 5.82 Å². The molecule has 4 N–H and O–H groups in total. The van der Waals surface area contributed by atoms with Gasteiger partial charge in [-0.2, -0.15) is 5.26 Å². The predicted molar refractivity (Wildman–Crippen MR) is 115 cm³/mol. The first-order valence-corrected chi connectivity index (χ1v) is 10.6. The van der Waals surface area contributed by atoms with Crippen molar-refractivity contribution in [3.05, 3.63) is 29.0 Å². The van der Waals surface area contributed by atoms with Crippen molar-refractivity contribution in [1.29, 1.82) is 5.26 Å². The fourth-order valence-electron chi connectivity index (χ4n) is 3.60. The number of imidazole rings is 1. The summed E-state index contributed by atoms with van der Waals surface area (Å²) >= 11 is 6.12. The molecule has 9 nitrogen and oxygen atoms in total. The van der Waals surface area contributed by atoms with Crippen LogP contribution in [-0.2, 0) is 9.59 Å². The minimum Gasteiger partial charge on any atom is -0.356 e. The van der Waals surface area contributed by atoms with Crippen LogP contribution in [0.3, 0.4) is 0 Å². The largest absolute Gasteiger partial charge is 0.356 e. The Balaban J connectivity index is 1.70. The minimum atomic E-state index is -0.857. The van der Waals surface area contributed by atoms with E-state index in [0.29, 0.717) is 35.4 Å². The average Bonchev–Trinajstić information content (AvgIpc) is 3.33. The maximum Gasteiger partial charge on any atom is 0.287 e. The van der Waals surface area contributed by atoms with Crippen LogP contribution >= 0.6 is 11.6 Å². The van der Waals surface area contributed by atoms with Crippen LogP contribution in [0.1, 0.15) is 43.7 Å². The van der Waals surface area contributed by atoms with Crippen LogP contribution in [0.25, 0.3) is 11.0 Å². The Morgan fingerprint density at radius 2 is 2.13 bits per heavy atom. The molecule has 2 heterocycles. The molecule has 2 aromatic rings. The van der Waals surface area contributed by atoms with Crippen molar-refractivity contribution in [2.75, 3.05) is 6.54 Å². The van der Waals surface area contributed by atoms with E-state index in [2.05, 4.69) is 25.9 Å². The minimum absolute atomic E-state index is 0.0455. The number of amides is 3. The summed E-state index contributed by atoms with van der Waals surface area (Å²) in [5.41, 5.74) is 1.08. The third kappa shape index (κ3) is 5.52. The highest BCUT2D eigenvalue weighted by Gasteiger charge is 2.30. The molecule has 3 atom stereocenters. The normalized spacial score (nSPS) is 17.8. The summed E-state index contributed by atoms with van der Waals surface area (Å²) in [6.07, 6.45) is 1.24. The Morgan fingerprint density at radius 3 is 2.74 bits per heavy atom. The van der Waals surface area contributed by atoms with Crippen LogP contribution in [0.2, 0.25) is 5.02 Å². The number of nitriles is 1. The molecule has 0 saturated carbocycles. The van der Waals surface area contributed by atoms with Crippen molar-refractivity contribution in [2.45, 2.75) is 45.2 Å². The van der Waals surface area contributed by atoms with E-state index >= 15 is 0 Å². The quantitative estimate of drug-likeness (QED) is 0.492. The smallest absolute Gasteiger partial charge is 0.287 e. The molecule has 164 valence electrons. The van der Waals surface area contributed by atoms with Crippen LogP contribution in [0, 0.1) is 23.2 Å². The van der Waals surface area contributed by atoms with E-state index < -0.39 is 23.9 Å².